The summed E-state index contributed by atoms with van der Waals surface area (Å²) in [5.41, 5.74) is 1.78. The molecule has 3 rings (SSSR count). The first-order valence-electron chi connectivity index (χ1n) is 10.5. The smallest absolute Gasteiger partial charge is 0.270 e. The number of carbonyl (C=O) groups excluding carboxylic acids is 3. The number of oxime groups is 1. The van der Waals surface area contributed by atoms with Crippen molar-refractivity contribution in [1.82, 2.24) is 0 Å². The molecule has 0 spiro atoms. The zero-order valence-corrected chi connectivity index (χ0v) is 18.5. The molecule has 0 radical (unpaired) electrons. The molecule has 3 N–H and O–H groups in total. The Morgan fingerprint density at radius 2 is 1.50 bits per heavy atom. The quantitative estimate of drug-likeness (QED) is 0.313. The van der Waals surface area contributed by atoms with Gasteiger partial charge in [0.05, 0.1) is 17.9 Å². The van der Waals surface area contributed by atoms with Crippen LogP contribution < -0.4 is 20.7 Å². The minimum atomic E-state index is -0.540. The maximum atomic E-state index is 12.7. The van der Waals surface area contributed by atoms with Gasteiger partial charge in [-0.25, -0.2) is 0 Å². The summed E-state index contributed by atoms with van der Waals surface area (Å²) in [6, 6.07) is 22.4. The first-order valence-corrected chi connectivity index (χ1v) is 10.5. The summed E-state index contributed by atoms with van der Waals surface area (Å²) in [6.45, 7) is 2.00. The molecular formula is C25H24N4O5. The molecule has 0 atom stereocenters. The van der Waals surface area contributed by atoms with Crippen molar-refractivity contribution in [3.8, 4) is 5.75 Å². The van der Waals surface area contributed by atoms with Crippen molar-refractivity contribution in [1.29, 1.82) is 0 Å². The van der Waals surface area contributed by atoms with Crippen molar-refractivity contribution in [2.45, 2.75) is 6.92 Å². The van der Waals surface area contributed by atoms with E-state index in [1.165, 1.54) is 0 Å². The second kappa shape index (κ2) is 12.4. The zero-order valence-electron chi connectivity index (χ0n) is 18.5. The van der Waals surface area contributed by atoms with Crippen LogP contribution in [0.5, 0.6) is 5.75 Å². The van der Waals surface area contributed by atoms with Crippen molar-refractivity contribution in [2.24, 2.45) is 5.16 Å². The number of para-hydroxylation sites is 2. The number of amides is 3. The number of rotatable bonds is 10. The Hall–Kier alpha value is -4.66. The van der Waals surface area contributed by atoms with E-state index in [4.69, 9.17) is 9.57 Å². The van der Waals surface area contributed by atoms with Crippen LogP contribution >= 0.6 is 0 Å². The van der Waals surface area contributed by atoms with Gasteiger partial charge in [-0.3, -0.25) is 14.4 Å². The molecule has 174 valence electrons. The highest BCUT2D eigenvalue weighted by Crippen LogP contribution is 2.19. The molecule has 0 bridgehead atoms. The van der Waals surface area contributed by atoms with Gasteiger partial charge in [-0.05, 0) is 55.5 Å². The summed E-state index contributed by atoms with van der Waals surface area (Å²) >= 11 is 0. The Kier molecular flexibility index (Phi) is 8.75. The van der Waals surface area contributed by atoms with Crippen molar-refractivity contribution < 1.29 is 24.0 Å². The van der Waals surface area contributed by atoms with Crippen LogP contribution in [0.3, 0.4) is 0 Å². The monoisotopic (exact) mass is 460 g/mol. The summed E-state index contributed by atoms with van der Waals surface area (Å²) in [6.07, 6.45) is 0.929. The van der Waals surface area contributed by atoms with E-state index in [0.29, 0.717) is 29.4 Å². The number of anilines is 3. The van der Waals surface area contributed by atoms with E-state index in [9.17, 15) is 14.4 Å². The number of ether oxygens (including phenoxy) is 1. The number of nitrogens with one attached hydrogen (secondary N) is 3. The van der Waals surface area contributed by atoms with E-state index in [1.54, 1.807) is 72.8 Å². The molecule has 34 heavy (non-hydrogen) atoms. The third kappa shape index (κ3) is 7.49. The lowest BCUT2D eigenvalue weighted by Crippen LogP contribution is -2.21. The molecule has 3 amide bonds. The number of hydrogen-bond acceptors (Lipinski definition) is 6. The zero-order chi connectivity index (χ0) is 24.2. The molecule has 9 heteroatoms. The fourth-order valence-corrected chi connectivity index (χ4v) is 2.85. The Labute approximate surface area is 196 Å². The van der Waals surface area contributed by atoms with Gasteiger partial charge in [0.25, 0.3) is 17.7 Å². The molecule has 0 fully saturated rings. The van der Waals surface area contributed by atoms with Gasteiger partial charge in [0.15, 0.2) is 6.61 Å². The molecule has 0 heterocycles. The SMILES string of the molecule is CCOc1ccc(NC(=O)c2ccccc2NC(=O)CON=CC(=O)Nc2ccccc2)cc1. The topological polar surface area (TPSA) is 118 Å². The van der Waals surface area contributed by atoms with Gasteiger partial charge in [0.1, 0.15) is 12.0 Å². The minimum Gasteiger partial charge on any atom is -0.494 e. The summed E-state index contributed by atoms with van der Waals surface area (Å²) in [5, 5.41) is 11.5. The normalized spacial score (nSPS) is 10.4. The second-order valence-corrected chi connectivity index (χ2v) is 6.87. The van der Waals surface area contributed by atoms with E-state index in [2.05, 4.69) is 21.1 Å². The van der Waals surface area contributed by atoms with Crippen molar-refractivity contribution in [3.63, 3.8) is 0 Å². The van der Waals surface area contributed by atoms with Gasteiger partial charge >= 0.3 is 0 Å². The predicted molar refractivity (Wildman–Crippen MR) is 130 cm³/mol. The second-order valence-electron chi connectivity index (χ2n) is 6.87. The van der Waals surface area contributed by atoms with Gasteiger partial charge in [-0.1, -0.05) is 35.5 Å². The first kappa shape index (κ1) is 24.0. The molecule has 0 saturated heterocycles. The fourth-order valence-electron chi connectivity index (χ4n) is 2.85. The van der Waals surface area contributed by atoms with E-state index in [-0.39, 0.29) is 5.56 Å². The Balaban J connectivity index is 1.51. The molecule has 3 aromatic rings. The average Bonchev–Trinajstić information content (AvgIpc) is 2.84. The molecule has 0 saturated carbocycles. The Morgan fingerprint density at radius 1 is 0.824 bits per heavy atom. The van der Waals surface area contributed by atoms with Crippen molar-refractivity contribution >= 4 is 41.0 Å². The number of nitrogens with zero attached hydrogens (tertiary/aromatic N) is 1. The van der Waals surface area contributed by atoms with E-state index in [0.717, 1.165) is 6.21 Å². The molecule has 0 aliphatic carbocycles. The van der Waals surface area contributed by atoms with Crippen LogP contribution in [0, 0.1) is 0 Å². The van der Waals surface area contributed by atoms with Crippen LogP contribution in [-0.2, 0) is 14.4 Å². The van der Waals surface area contributed by atoms with Gasteiger partial charge in [-0.2, -0.15) is 0 Å². The van der Waals surface area contributed by atoms with Gasteiger partial charge in [0.2, 0.25) is 0 Å². The molecule has 0 aromatic heterocycles. The van der Waals surface area contributed by atoms with Crippen LogP contribution in [0.4, 0.5) is 17.1 Å². The Morgan fingerprint density at radius 3 is 2.24 bits per heavy atom. The van der Waals surface area contributed by atoms with Gasteiger partial charge in [0, 0.05) is 11.4 Å². The third-order valence-electron chi connectivity index (χ3n) is 4.35. The van der Waals surface area contributed by atoms with E-state index in [1.807, 2.05) is 13.0 Å². The fraction of sp³-hybridized carbons (Fsp3) is 0.120. The van der Waals surface area contributed by atoms with Crippen molar-refractivity contribution in [2.75, 3.05) is 29.2 Å². The molecular weight excluding hydrogens is 436 g/mol. The summed E-state index contributed by atoms with van der Waals surface area (Å²) < 4.78 is 5.39. The summed E-state index contributed by atoms with van der Waals surface area (Å²) in [5.74, 6) is -0.727. The lowest BCUT2D eigenvalue weighted by atomic mass is 10.1. The van der Waals surface area contributed by atoms with Crippen LogP contribution in [0.25, 0.3) is 0 Å². The molecule has 9 nitrogen and oxygen atoms in total. The number of benzene rings is 3. The maximum Gasteiger partial charge on any atom is 0.270 e. The predicted octanol–water partition coefficient (Wildman–Crippen LogP) is 3.92. The molecule has 3 aromatic carbocycles. The highest BCUT2D eigenvalue weighted by Gasteiger charge is 2.14. The standard InChI is InChI=1S/C25H24N4O5/c1-2-33-20-14-12-19(13-15-20)28-25(32)21-10-6-7-11-22(21)29-24(31)17-34-26-16-23(30)27-18-8-4-3-5-9-18/h3-16H,2,17H2,1H3,(H,27,30)(H,28,32)(H,29,31). The number of carbonyl (C=O) groups is 3. The van der Waals surface area contributed by atoms with Gasteiger partial charge in [-0.15, -0.1) is 0 Å². The summed E-state index contributed by atoms with van der Waals surface area (Å²) in [7, 11) is 0. The largest absolute Gasteiger partial charge is 0.494 e. The molecule has 0 aliphatic rings. The highest BCUT2D eigenvalue weighted by atomic mass is 16.6. The average molecular weight is 460 g/mol. The van der Waals surface area contributed by atoms with Crippen LogP contribution in [-0.4, -0.2) is 37.1 Å². The van der Waals surface area contributed by atoms with Gasteiger partial charge < -0.3 is 25.5 Å². The first-order chi connectivity index (χ1) is 16.5. The molecule has 0 unspecified atom stereocenters. The lowest BCUT2D eigenvalue weighted by Gasteiger charge is -2.11. The minimum absolute atomic E-state index is 0.274. The highest BCUT2D eigenvalue weighted by molar-refractivity contribution is 6.31. The Bertz CT molecular complexity index is 1150. The lowest BCUT2D eigenvalue weighted by molar-refractivity contribution is -0.120. The summed E-state index contributed by atoms with van der Waals surface area (Å²) in [4.78, 5) is 41.6. The van der Waals surface area contributed by atoms with Crippen LogP contribution in [0.1, 0.15) is 17.3 Å². The van der Waals surface area contributed by atoms with Crippen LogP contribution in [0.2, 0.25) is 0 Å². The van der Waals surface area contributed by atoms with E-state index >= 15 is 0 Å². The molecule has 0 aliphatic heterocycles. The number of hydrogen-bond donors (Lipinski definition) is 3. The van der Waals surface area contributed by atoms with Crippen LogP contribution in [0.15, 0.2) is 84.0 Å². The third-order valence-corrected chi connectivity index (χ3v) is 4.35. The van der Waals surface area contributed by atoms with Crippen molar-refractivity contribution in [3.05, 3.63) is 84.4 Å². The van der Waals surface area contributed by atoms with E-state index < -0.39 is 24.3 Å². The maximum absolute atomic E-state index is 12.7.